The molecule has 0 saturated heterocycles. The molecule has 0 aliphatic carbocycles. The average Bonchev–Trinajstić information content (AvgIpc) is 2.61. The van der Waals surface area contributed by atoms with Gasteiger partial charge in [-0.15, -0.1) is 0 Å². The normalized spacial score (nSPS) is 9.96. The lowest BCUT2D eigenvalue weighted by molar-refractivity contribution is -0.139. The molecule has 6 nitrogen and oxygen atoms in total. The number of benzene rings is 1. The summed E-state index contributed by atoms with van der Waals surface area (Å²) in [5, 5.41) is 5.17. The van der Waals surface area contributed by atoms with E-state index >= 15 is 0 Å². The van der Waals surface area contributed by atoms with Gasteiger partial charge < -0.3 is 15.4 Å². The standard InChI is InChI=1S/C17H19N3O3/c1-23-15-6-4-14(5-7-15)12-20-17(22)16(21)19-10-8-13-3-2-9-18-11-13/h2-7,9,11H,8,10,12H2,1H3,(H,19,21)(H,20,22). The van der Waals surface area contributed by atoms with E-state index in [1.165, 1.54) is 0 Å². The Morgan fingerprint density at radius 3 is 2.43 bits per heavy atom. The summed E-state index contributed by atoms with van der Waals surface area (Å²) in [4.78, 5) is 27.4. The van der Waals surface area contributed by atoms with Crippen LogP contribution in [0.2, 0.25) is 0 Å². The predicted octanol–water partition coefficient (Wildman–Crippen LogP) is 1.07. The number of pyridine rings is 1. The Kier molecular flexibility index (Phi) is 6.11. The van der Waals surface area contributed by atoms with Crippen LogP contribution in [-0.4, -0.2) is 30.5 Å². The van der Waals surface area contributed by atoms with Crippen molar-refractivity contribution in [2.75, 3.05) is 13.7 Å². The quantitative estimate of drug-likeness (QED) is 0.782. The molecule has 2 rings (SSSR count). The Morgan fingerprint density at radius 2 is 1.78 bits per heavy atom. The van der Waals surface area contributed by atoms with Crippen molar-refractivity contribution in [1.29, 1.82) is 0 Å². The van der Waals surface area contributed by atoms with Gasteiger partial charge in [-0.25, -0.2) is 0 Å². The summed E-state index contributed by atoms with van der Waals surface area (Å²) in [6.07, 6.45) is 4.05. The largest absolute Gasteiger partial charge is 0.497 e. The van der Waals surface area contributed by atoms with Crippen molar-refractivity contribution in [2.24, 2.45) is 0 Å². The molecule has 1 aromatic heterocycles. The summed E-state index contributed by atoms with van der Waals surface area (Å²) in [6.45, 7) is 0.680. The maximum atomic E-state index is 11.7. The number of methoxy groups -OCH3 is 1. The number of hydrogen-bond acceptors (Lipinski definition) is 4. The Labute approximate surface area is 134 Å². The predicted molar refractivity (Wildman–Crippen MR) is 85.8 cm³/mol. The molecule has 0 radical (unpaired) electrons. The van der Waals surface area contributed by atoms with Crippen LogP contribution < -0.4 is 15.4 Å². The van der Waals surface area contributed by atoms with E-state index in [1.807, 2.05) is 24.3 Å². The molecule has 0 atom stereocenters. The molecule has 2 amide bonds. The van der Waals surface area contributed by atoms with E-state index in [1.54, 1.807) is 31.6 Å². The number of ether oxygens (including phenoxy) is 1. The minimum absolute atomic E-state index is 0.291. The Hall–Kier alpha value is -2.89. The van der Waals surface area contributed by atoms with Crippen molar-refractivity contribution < 1.29 is 14.3 Å². The molecular weight excluding hydrogens is 294 g/mol. The number of rotatable bonds is 6. The van der Waals surface area contributed by atoms with Gasteiger partial charge in [0.2, 0.25) is 0 Å². The minimum Gasteiger partial charge on any atom is -0.497 e. The highest BCUT2D eigenvalue weighted by Crippen LogP contribution is 2.10. The van der Waals surface area contributed by atoms with Gasteiger partial charge in [0.1, 0.15) is 5.75 Å². The van der Waals surface area contributed by atoms with Crippen molar-refractivity contribution in [2.45, 2.75) is 13.0 Å². The smallest absolute Gasteiger partial charge is 0.309 e. The van der Waals surface area contributed by atoms with Crippen molar-refractivity contribution >= 4 is 11.8 Å². The Morgan fingerprint density at radius 1 is 1.04 bits per heavy atom. The topological polar surface area (TPSA) is 80.3 Å². The van der Waals surface area contributed by atoms with Crippen LogP contribution in [0.4, 0.5) is 0 Å². The molecule has 1 heterocycles. The highest BCUT2D eigenvalue weighted by atomic mass is 16.5. The van der Waals surface area contributed by atoms with E-state index in [0.29, 0.717) is 19.5 Å². The van der Waals surface area contributed by atoms with Crippen LogP contribution in [0.3, 0.4) is 0 Å². The molecule has 2 N–H and O–H groups in total. The first-order valence-electron chi connectivity index (χ1n) is 7.27. The molecule has 0 fully saturated rings. The van der Waals surface area contributed by atoms with E-state index in [-0.39, 0.29) is 0 Å². The lowest BCUT2D eigenvalue weighted by atomic mass is 10.2. The number of nitrogens with one attached hydrogen (secondary N) is 2. The lowest BCUT2D eigenvalue weighted by Crippen LogP contribution is -2.40. The number of hydrogen-bond donors (Lipinski definition) is 2. The fraction of sp³-hybridized carbons (Fsp3) is 0.235. The third kappa shape index (κ3) is 5.43. The van der Waals surface area contributed by atoms with Crippen molar-refractivity contribution in [3.8, 4) is 5.75 Å². The van der Waals surface area contributed by atoms with Crippen molar-refractivity contribution in [3.63, 3.8) is 0 Å². The zero-order valence-electron chi connectivity index (χ0n) is 12.9. The second-order valence-corrected chi connectivity index (χ2v) is 4.90. The van der Waals surface area contributed by atoms with Crippen LogP contribution in [-0.2, 0) is 22.6 Å². The molecule has 0 aliphatic heterocycles. The zero-order chi connectivity index (χ0) is 16.5. The lowest BCUT2D eigenvalue weighted by Gasteiger charge is -2.07. The maximum Gasteiger partial charge on any atom is 0.309 e. The first-order valence-corrected chi connectivity index (χ1v) is 7.27. The number of carbonyl (C=O) groups is 2. The molecule has 0 saturated carbocycles. The monoisotopic (exact) mass is 313 g/mol. The highest BCUT2D eigenvalue weighted by Gasteiger charge is 2.12. The van der Waals surface area contributed by atoms with Gasteiger partial charge >= 0.3 is 11.8 Å². The van der Waals surface area contributed by atoms with E-state index in [4.69, 9.17) is 4.74 Å². The number of aromatic nitrogens is 1. The SMILES string of the molecule is COc1ccc(CNC(=O)C(=O)NCCc2cccnc2)cc1. The molecule has 0 spiro atoms. The third-order valence-electron chi connectivity index (χ3n) is 3.24. The van der Waals surface area contributed by atoms with E-state index in [0.717, 1.165) is 16.9 Å². The summed E-state index contributed by atoms with van der Waals surface area (Å²) in [5.74, 6) is -0.539. The molecule has 120 valence electrons. The fourth-order valence-electron chi connectivity index (χ4n) is 1.95. The van der Waals surface area contributed by atoms with Gasteiger partial charge in [-0.2, -0.15) is 0 Å². The molecule has 23 heavy (non-hydrogen) atoms. The minimum atomic E-state index is -0.646. The van der Waals surface area contributed by atoms with E-state index < -0.39 is 11.8 Å². The van der Waals surface area contributed by atoms with Gasteiger partial charge in [0.25, 0.3) is 0 Å². The van der Waals surface area contributed by atoms with Crippen LogP contribution in [0.15, 0.2) is 48.8 Å². The molecule has 2 aromatic rings. The molecule has 6 heteroatoms. The average molecular weight is 313 g/mol. The van der Waals surface area contributed by atoms with Crippen LogP contribution in [0.25, 0.3) is 0 Å². The van der Waals surface area contributed by atoms with Crippen molar-refractivity contribution in [1.82, 2.24) is 15.6 Å². The first kappa shape index (κ1) is 16.5. The van der Waals surface area contributed by atoms with Crippen LogP contribution in [0.1, 0.15) is 11.1 Å². The van der Waals surface area contributed by atoms with Crippen LogP contribution in [0.5, 0.6) is 5.75 Å². The zero-order valence-corrected chi connectivity index (χ0v) is 12.9. The number of nitrogens with zero attached hydrogens (tertiary/aromatic N) is 1. The summed E-state index contributed by atoms with van der Waals surface area (Å²) in [6, 6.07) is 11.0. The van der Waals surface area contributed by atoms with Crippen LogP contribution >= 0.6 is 0 Å². The van der Waals surface area contributed by atoms with Gasteiger partial charge in [0.15, 0.2) is 0 Å². The highest BCUT2D eigenvalue weighted by molar-refractivity contribution is 6.35. The molecule has 0 aliphatic rings. The van der Waals surface area contributed by atoms with Crippen molar-refractivity contribution in [3.05, 3.63) is 59.9 Å². The molecule has 1 aromatic carbocycles. The van der Waals surface area contributed by atoms with Gasteiger partial charge in [0.05, 0.1) is 7.11 Å². The second kappa shape index (κ2) is 8.53. The van der Waals surface area contributed by atoms with E-state index in [9.17, 15) is 9.59 Å². The summed E-state index contributed by atoms with van der Waals surface area (Å²) in [7, 11) is 1.59. The Balaban J connectivity index is 1.71. The number of amides is 2. The van der Waals surface area contributed by atoms with Gasteiger partial charge in [-0.1, -0.05) is 18.2 Å². The fourth-order valence-corrected chi connectivity index (χ4v) is 1.95. The summed E-state index contributed by atoms with van der Waals surface area (Å²) in [5.41, 5.74) is 1.90. The number of carbonyl (C=O) groups excluding carboxylic acids is 2. The van der Waals surface area contributed by atoms with E-state index in [2.05, 4.69) is 15.6 Å². The second-order valence-electron chi connectivity index (χ2n) is 4.90. The van der Waals surface area contributed by atoms with Gasteiger partial charge in [-0.05, 0) is 35.7 Å². The van der Waals surface area contributed by atoms with Gasteiger partial charge in [-0.3, -0.25) is 14.6 Å². The summed E-state index contributed by atoms with van der Waals surface area (Å²) >= 11 is 0. The Bertz CT molecular complexity index is 642. The third-order valence-corrected chi connectivity index (χ3v) is 3.24. The van der Waals surface area contributed by atoms with Gasteiger partial charge in [0, 0.05) is 25.5 Å². The molecule has 0 unspecified atom stereocenters. The van der Waals surface area contributed by atoms with Crippen LogP contribution in [0, 0.1) is 0 Å². The molecular formula is C17H19N3O3. The summed E-state index contributed by atoms with van der Waals surface area (Å²) < 4.78 is 5.06. The maximum absolute atomic E-state index is 11.7. The molecule has 0 bridgehead atoms. The first-order chi connectivity index (χ1) is 11.2.